The molecule has 2 heterocycles. The molecule has 5 nitrogen and oxygen atoms in total. The van der Waals surface area contributed by atoms with Gasteiger partial charge >= 0.3 is 0 Å². The number of carbonyl (C=O) groups is 1. The van der Waals surface area contributed by atoms with Crippen molar-refractivity contribution in [3.63, 3.8) is 0 Å². The third-order valence-corrected chi connectivity index (χ3v) is 5.00. The standard InChI is InChI=1S/C18H18N2O3S/c21-17(20-10-18-19-7-8-24-18)11-22-12-5-6-16-14(9-12)13-3-1-2-4-15(13)23-16/h5-9H,1-4,10-11H2,(H,20,21). The van der Waals surface area contributed by atoms with E-state index in [0.29, 0.717) is 12.3 Å². The highest BCUT2D eigenvalue weighted by Crippen LogP contribution is 2.33. The molecule has 1 aromatic carbocycles. The Bertz CT molecular complexity index is 855. The van der Waals surface area contributed by atoms with Crippen LogP contribution in [-0.2, 0) is 24.2 Å². The van der Waals surface area contributed by atoms with Gasteiger partial charge in [-0.25, -0.2) is 4.98 Å². The topological polar surface area (TPSA) is 64.4 Å². The minimum Gasteiger partial charge on any atom is -0.484 e. The van der Waals surface area contributed by atoms with Gasteiger partial charge in [0.05, 0.1) is 6.54 Å². The van der Waals surface area contributed by atoms with Crippen molar-refractivity contribution in [2.24, 2.45) is 0 Å². The van der Waals surface area contributed by atoms with Crippen LogP contribution in [0.2, 0.25) is 0 Å². The lowest BCUT2D eigenvalue weighted by molar-refractivity contribution is -0.123. The molecule has 6 heteroatoms. The summed E-state index contributed by atoms with van der Waals surface area (Å²) in [5.41, 5.74) is 2.21. The highest BCUT2D eigenvalue weighted by Gasteiger charge is 2.18. The molecule has 0 unspecified atom stereocenters. The molecule has 0 radical (unpaired) electrons. The number of thiazole rings is 1. The van der Waals surface area contributed by atoms with Crippen LogP contribution in [0.3, 0.4) is 0 Å². The Morgan fingerprint density at radius 1 is 1.33 bits per heavy atom. The van der Waals surface area contributed by atoms with Crippen molar-refractivity contribution < 1.29 is 13.9 Å². The first-order chi connectivity index (χ1) is 11.8. The van der Waals surface area contributed by atoms with Crippen molar-refractivity contribution in [1.82, 2.24) is 10.3 Å². The lowest BCUT2D eigenvalue weighted by Crippen LogP contribution is -2.28. The zero-order chi connectivity index (χ0) is 16.4. The number of nitrogens with zero attached hydrogens (tertiary/aromatic N) is 1. The molecule has 1 amide bonds. The number of fused-ring (bicyclic) bond motifs is 3. The van der Waals surface area contributed by atoms with Crippen LogP contribution < -0.4 is 10.1 Å². The molecule has 0 aliphatic heterocycles. The van der Waals surface area contributed by atoms with Crippen molar-refractivity contribution >= 4 is 28.2 Å². The molecule has 0 saturated carbocycles. The van der Waals surface area contributed by atoms with E-state index in [1.165, 1.54) is 29.7 Å². The largest absolute Gasteiger partial charge is 0.484 e. The van der Waals surface area contributed by atoms with Crippen molar-refractivity contribution in [2.75, 3.05) is 6.61 Å². The Balaban J connectivity index is 1.40. The summed E-state index contributed by atoms with van der Waals surface area (Å²) in [7, 11) is 0. The fourth-order valence-electron chi connectivity index (χ4n) is 3.05. The molecule has 4 rings (SSSR count). The number of furan rings is 1. The lowest BCUT2D eigenvalue weighted by atomic mass is 9.96. The average Bonchev–Trinajstić information content (AvgIpc) is 3.25. The zero-order valence-corrected chi connectivity index (χ0v) is 14.0. The molecule has 1 aliphatic carbocycles. The van der Waals surface area contributed by atoms with E-state index in [4.69, 9.17) is 9.15 Å². The molecule has 0 saturated heterocycles. The summed E-state index contributed by atoms with van der Waals surface area (Å²) in [5, 5.41) is 6.69. The van der Waals surface area contributed by atoms with Gasteiger partial charge in [-0.1, -0.05) is 0 Å². The molecule has 0 fully saturated rings. The molecule has 124 valence electrons. The number of carbonyl (C=O) groups excluding carboxylic acids is 1. The number of nitrogens with one attached hydrogen (secondary N) is 1. The molecule has 0 bridgehead atoms. The van der Waals surface area contributed by atoms with Crippen LogP contribution in [0.25, 0.3) is 11.0 Å². The SMILES string of the molecule is O=C(COc1ccc2oc3c(c2c1)CCCC3)NCc1nccs1. The number of hydrogen-bond donors (Lipinski definition) is 1. The number of amides is 1. The quantitative estimate of drug-likeness (QED) is 0.771. The van der Waals surface area contributed by atoms with Gasteiger partial charge < -0.3 is 14.5 Å². The number of rotatable bonds is 5. The Morgan fingerprint density at radius 3 is 3.12 bits per heavy atom. The van der Waals surface area contributed by atoms with Crippen molar-refractivity contribution in [3.8, 4) is 5.75 Å². The third-order valence-electron chi connectivity index (χ3n) is 4.22. The van der Waals surface area contributed by atoms with Gasteiger partial charge in [0.15, 0.2) is 6.61 Å². The first kappa shape index (κ1) is 15.2. The van der Waals surface area contributed by atoms with Gasteiger partial charge in [-0.05, 0) is 37.5 Å². The summed E-state index contributed by atoms with van der Waals surface area (Å²) in [6, 6.07) is 5.76. The normalized spacial score (nSPS) is 13.7. The second kappa shape index (κ2) is 6.65. The molecule has 1 N–H and O–H groups in total. The van der Waals surface area contributed by atoms with Crippen LogP contribution in [0.1, 0.15) is 29.2 Å². The Morgan fingerprint density at radius 2 is 2.25 bits per heavy atom. The maximum Gasteiger partial charge on any atom is 0.258 e. The van der Waals surface area contributed by atoms with Gasteiger partial charge in [-0.15, -0.1) is 11.3 Å². The molecule has 2 aromatic heterocycles. The van der Waals surface area contributed by atoms with Crippen LogP contribution in [0.4, 0.5) is 0 Å². The van der Waals surface area contributed by atoms with Crippen LogP contribution in [0.5, 0.6) is 5.75 Å². The molecule has 0 spiro atoms. The maximum atomic E-state index is 11.9. The number of aromatic nitrogens is 1. The fraction of sp³-hybridized carbons (Fsp3) is 0.333. The van der Waals surface area contributed by atoms with E-state index >= 15 is 0 Å². The maximum absolute atomic E-state index is 11.9. The Hall–Kier alpha value is -2.34. The minimum absolute atomic E-state index is 0.00305. The second-order valence-electron chi connectivity index (χ2n) is 5.86. The van der Waals surface area contributed by atoms with Gasteiger partial charge in [0, 0.05) is 28.9 Å². The van der Waals surface area contributed by atoms with Crippen LogP contribution in [0.15, 0.2) is 34.2 Å². The fourth-order valence-corrected chi connectivity index (χ4v) is 3.60. The van der Waals surface area contributed by atoms with Gasteiger partial charge in [0.1, 0.15) is 22.1 Å². The predicted molar refractivity (Wildman–Crippen MR) is 92.3 cm³/mol. The summed E-state index contributed by atoms with van der Waals surface area (Å²) in [4.78, 5) is 16.0. The van der Waals surface area contributed by atoms with Gasteiger partial charge in [0.2, 0.25) is 0 Å². The smallest absolute Gasteiger partial charge is 0.258 e. The molecular formula is C18H18N2O3S. The van der Waals surface area contributed by atoms with Gasteiger partial charge in [-0.3, -0.25) is 4.79 Å². The predicted octanol–water partition coefficient (Wildman–Crippen LogP) is 3.46. The summed E-state index contributed by atoms with van der Waals surface area (Å²) in [5.74, 6) is 1.65. The number of ether oxygens (including phenoxy) is 1. The number of benzene rings is 1. The summed E-state index contributed by atoms with van der Waals surface area (Å²) in [6.07, 6.45) is 6.18. The zero-order valence-electron chi connectivity index (χ0n) is 13.2. The first-order valence-electron chi connectivity index (χ1n) is 8.12. The molecule has 24 heavy (non-hydrogen) atoms. The third kappa shape index (κ3) is 3.14. The van der Waals surface area contributed by atoms with Crippen LogP contribution in [-0.4, -0.2) is 17.5 Å². The summed E-state index contributed by atoms with van der Waals surface area (Å²) >= 11 is 1.52. The lowest BCUT2D eigenvalue weighted by Gasteiger charge is -2.09. The van der Waals surface area contributed by atoms with E-state index in [2.05, 4.69) is 10.3 Å². The monoisotopic (exact) mass is 342 g/mol. The number of aryl methyl sites for hydroxylation is 2. The van der Waals surface area contributed by atoms with Crippen LogP contribution in [0, 0.1) is 0 Å². The molecule has 0 atom stereocenters. The molecule has 3 aromatic rings. The highest BCUT2D eigenvalue weighted by molar-refractivity contribution is 7.09. The highest BCUT2D eigenvalue weighted by atomic mass is 32.1. The Kier molecular flexibility index (Phi) is 4.21. The van der Waals surface area contributed by atoms with Gasteiger partial charge in [-0.2, -0.15) is 0 Å². The second-order valence-corrected chi connectivity index (χ2v) is 6.84. The van der Waals surface area contributed by atoms with Crippen molar-refractivity contribution in [3.05, 3.63) is 46.1 Å². The van der Waals surface area contributed by atoms with E-state index < -0.39 is 0 Å². The van der Waals surface area contributed by atoms with E-state index in [9.17, 15) is 4.79 Å². The molecule has 1 aliphatic rings. The van der Waals surface area contributed by atoms with E-state index in [0.717, 1.165) is 34.6 Å². The van der Waals surface area contributed by atoms with E-state index in [-0.39, 0.29) is 12.5 Å². The minimum atomic E-state index is -0.153. The van der Waals surface area contributed by atoms with Gasteiger partial charge in [0.25, 0.3) is 5.91 Å². The summed E-state index contributed by atoms with van der Waals surface area (Å²) < 4.78 is 11.5. The van der Waals surface area contributed by atoms with Crippen molar-refractivity contribution in [1.29, 1.82) is 0 Å². The van der Waals surface area contributed by atoms with E-state index in [1.54, 1.807) is 6.20 Å². The average molecular weight is 342 g/mol. The first-order valence-corrected chi connectivity index (χ1v) is 9.00. The Labute approximate surface area is 143 Å². The number of hydrogen-bond acceptors (Lipinski definition) is 5. The molecular weight excluding hydrogens is 324 g/mol. The summed E-state index contributed by atoms with van der Waals surface area (Å²) in [6.45, 7) is 0.436. The van der Waals surface area contributed by atoms with Crippen LogP contribution >= 0.6 is 11.3 Å². The van der Waals surface area contributed by atoms with E-state index in [1.807, 2.05) is 23.6 Å². The van der Waals surface area contributed by atoms with Crippen molar-refractivity contribution in [2.45, 2.75) is 32.2 Å².